The van der Waals surface area contributed by atoms with Crippen molar-refractivity contribution in [3.05, 3.63) is 10.8 Å². The third-order valence-electron chi connectivity index (χ3n) is 3.16. The topological polar surface area (TPSA) is 90.0 Å². The van der Waals surface area contributed by atoms with Gasteiger partial charge in [0.25, 0.3) is 0 Å². The molecule has 0 unspecified atom stereocenters. The molecule has 0 aliphatic heterocycles. The van der Waals surface area contributed by atoms with E-state index in [1.54, 1.807) is 14.0 Å². The molecule has 6 nitrogen and oxygen atoms in total. The standard InChI is InChI=1S/C10H17ClN4O2S/c1-6-9(10(11)15(2)13-6)18(16,17)14-8-4-3-7(12)5-8/h7-8,14H,3-5,12H2,1-2H3/t7-,8-/m1/s1. The summed E-state index contributed by atoms with van der Waals surface area (Å²) in [4.78, 5) is 0.0622. The van der Waals surface area contributed by atoms with Gasteiger partial charge in [-0.05, 0) is 26.2 Å². The smallest absolute Gasteiger partial charge is 0.245 e. The maximum Gasteiger partial charge on any atom is 0.245 e. The Hall–Kier alpha value is -0.630. The summed E-state index contributed by atoms with van der Waals surface area (Å²) in [6.45, 7) is 1.63. The van der Waals surface area contributed by atoms with Crippen LogP contribution in [0.15, 0.2) is 4.90 Å². The van der Waals surface area contributed by atoms with Gasteiger partial charge in [-0.1, -0.05) is 11.6 Å². The molecule has 1 aromatic rings. The summed E-state index contributed by atoms with van der Waals surface area (Å²) in [5.74, 6) is 0. The molecular formula is C10H17ClN4O2S. The SMILES string of the molecule is Cc1nn(C)c(Cl)c1S(=O)(=O)N[C@@H]1CC[C@@H](N)C1. The van der Waals surface area contributed by atoms with Gasteiger partial charge in [-0.3, -0.25) is 4.68 Å². The number of nitrogens with two attached hydrogens (primary N) is 1. The van der Waals surface area contributed by atoms with Crippen molar-refractivity contribution < 1.29 is 8.42 Å². The van der Waals surface area contributed by atoms with E-state index < -0.39 is 10.0 Å². The lowest BCUT2D eigenvalue weighted by Gasteiger charge is -2.12. The number of hydrogen-bond donors (Lipinski definition) is 2. The maximum absolute atomic E-state index is 12.3. The Morgan fingerprint density at radius 1 is 1.50 bits per heavy atom. The minimum absolute atomic E-state index is 0.0622. The normalized spacial score (nSPS) is 24.7. The fourth-order valence-corrected chi connectivity index (χ4v) is 4.35. The van der Waals surface area contributed by atoms with Crippen LogP contribution in [0.4, 0.5) is 0 Å². The molecule has 1 saturated carbocycles. The van der Waals surface area contributed by atoms with Crippen molar-refractivity contribution in [1.82, 2.24) is 14.5 Å². The number of halogens is 1. The zero-order chi connectivity index (χ0) is 13.5. The van der Waals surface area contributed by atoms with E-state index in [2.05, 4.69) is 9.82 Å². The lowest BCUT2D eigenvalue weighted by molar-refractivity contribution is 0.548. The van der Waals surface area contributed by atoms with Gasteiger partial charge in [-0.2, -0.15) is 5.10 Å². The molecular weight excluding hydrogens is 276 g/mol. The van der Waals surface area contributed by atoms with Crippen LogP contribution in [0.25, 0.3) is 0 Å². The van der Waals surface area contributed by atoms with Crippen molar-refractivity contribution in [3.63, 3.8) is 0 Å². The van der Waals surface area contributed by atoms with E-state index in [1.807, 2.05) is 0 Å². The zero-order valence-electron chi connectivity index (χ0n) is 10.4. The number of aryl methyl sites for hydroxylation is 2. The molecule has 1 fully saturated rings. The first-order chi connectivity index (χ1) is 8.31. The van der Waals surface area contributed by atoms with E-state index in [9.17, 15) is 8.42 Å². The van der Waals surface area contributed by atoms with Gasteiger partial charge >= 0.3 is 0 Å². The van der Waals surface area contributed by atoms with Crippen molar-refractivity contribution in [3.8, 4) is 0 Å². The van der Waals surface area contributed by atoms with Crippen molar-refractivity contribution >= 4 is 21.6 Å². The molecule has 0 radical (unpaired) electrons. The predicted octanol–water partition coefficient (Wildman–Crippen LogP) is 0.540. The first-order valence-corrected chi connectivity index (χ1v) is 7.64. The van der Waals surface area contributed by atoms with Gasteiger partial charge in [-0.25, -0.2) is 13.1 Å². The van der Waals surface area contributed by atoms with Gasteiger partial charge in [0.05, 0.1) is 5.69 Å². The molecule has 0 amide bonds. The molecule has 2 rings (SSSR count). The summed E-state index contributed by atoms with van der Waals surface area (Å²) in [7, 11) is -2.02. The second kappa shape index (κ2) is 4.80. The third-order valence-corrected chi connectivity index (χ3v) is 5.38. The van der Waals surface area contributed by atoms with E-state index in [-0.39, 0.29) is 22.1 Å². The molecule has 8 heteroatoms. The monoisotopic (exact) mass is 292 g/mol. The lowest BCUT2D eigenvalue weighted by Crippen LogP contribution is -2.34. The highest BCUT2D eigenvalue weighted by molar-refractivity contribution is 7.89. The van der Waals surface area contributed by atoms with Gasteiger partial charge in [0.2, 0.25) is 10.0 Å². The summed E-state index contributed by atoms with van der Waals surface area (Å²) < 4.78 is 28.5. The molecule has 102 valence electrons. The Kier molecular flexibility index (Phi) is 3.68. The van der Waals surface area contributed by atoms with Crippen LogP contribution in [-0.4, -0.2) is 30.3 Å². The third kappa shape index (κ3) is 2.54. The second-order valence-corrected chi connectivity index (χ2v) is 6.73. The number of rotatable bonds is 3. The van der Waals surface area contributed by atoms with Gasteiger partial charge < -0.3 is 5.73 Å². The molecule has 3 N–H and O–H groups in total. The van der Waals surface area contributed by atoms with Crippen LogP contribution in [-0.2, 0) is 17.1 Å². The Labute approximate surface area is 112 Å². The van der Waals surface area contributed by atoms with Gasteiger partial charge in [0, 0.05) is 19.1 Å². The Balaban J connectivity index is 2.26. The molecule has 2 atom stereocenters. The van der Waals surface area contributed by atoms with Gasteiger partial charge in [0.1, 0.15) is 10.0 Å². The van der Waals surface area contributed by atoms with Crippen LogP contribution in [0.3, 0.4) is 0 Å². The predicted molar refractivity (Wildman–Crippen MR) is 68.9 cm³/mol. The summed E-state index contributed by atoms with van der Waals surface area (Å²) in [6.07, 6.45) is 2.26. The molecule has 1 aliphatic rings. The molecule has 0 aromatic carbocycles. The molecule has 1 heterocycles. The number of nitrogens with zero attached hydrogens (tertiary/aromatic N) is 2. The molecule has 1 aromatic heterocycles. The molecule has 0 bridgehead atoms. The highest BCUT2D eigenvalue weighted by atomic mass is 35.5. The number of hydrogen-bond acceptors (Lipinski definition) is 4. The van der Waals surface area contributed by atoms with E-state index in [4.69, 9.17) is 17.3 Å². The van der Waals surface area contributed by atoms with Crippen LogP contribution >= 0.6 is 11.6 Å². The van der Waals surface area contributed by atoms with Gasteiger partial charge in [-0.15, -0.1) is 0 Å². The zero-order valence-corrected chi connectivity index (χ0v) is 11.9. The van der Waals surface area contributed by atoms with Crippen LogP contribution in [0.2, 0.25) is 5.15 Å². The molecule has 0 spiro atoms. The minimum Gasteiger partial charge on any atom is -0.328 e. The lowest BCUT2D eigenvalue weighted by atomic mass is 10.2. The minimum atomic E-state index is -3.63. The number of aromatic nitrogens is 2. The van der Waals surface area contributed by atoms with Crippen LogP contribution in [0.5, 0.6) is 0 Å². The largest absolute Gasteiger partial charge is 0.328 e. The fraction of sp³-hybridized carbons (Fsp3) is 0.700. The van der Waals surface area contributed by atoms with Crippen LogP contribution < -0.4 is 10.5 Å². The first kappa shape index (κ1) is 13.8. The van der Waals surface area contributed by atoms with E-state index in [1.165, 1.54) is 4.68 Å². The Morgan fingerprint density at radius 3 is 2.61 bits per heavy atom. The van der Waals surface area contributed by atoms with Crippen molar-refractivity contribution in [1.29, 1.82) is 0 Å². The quantitative estimate of drug-likeness (QED) is 0.851. The van der Waals surface area contributed by atoms with Crippen LogP contribution in [0, 0.1) is 6.92 Å². The van der Waals surface area contributed by atoms with Crippen molar-refractivity contribution in [2.24, 2.45) is 12.8 Å². The maximum atomic E-state index is 12.3. The van der Waals surface area contributed by atoms with Gasteiger partial charge in [0.15, 0.2) is 0 Å². The first-order valence-electron chi connectivity index (χ1n) is 5.78. The van der Waals surface area contributed by atoms with Crippen LogP contribution in [0.1, 0.15) is 25.0 Å². The van der Waals surface area contributed by atoms with E-state index in [0.29, 0.717) is 12.1 Å². The summed E-state index contributed by atoms with van der Waals surface area (Å²) >= 11 is 5.97. The second-order valence-electron chi connectivity index (χ2n) is 4.72. The molecule has 1 aliphatic carbocycles. The van der Waals surface area contributed by atoms with Crippen molar-refractivity contribution in [2.45, 2.75) is 43.2 Å². The summed E-state index contributed by atoms with van der Waals surface area (Å²) in [5.41, 5.74) is 6.17. The average Bonchev–Trinajstić information content (AvgIpc) is 2.72. The van der Waals surface area contributed by atoms with E-state index >= 15 is 0 Å². The molecule has 18 heavy (non-hydrogen) atoms. The molecule has 0 saturated heterocycles. The van der Waals surface area contributed by atoms with Crippen molar-refractivity contribution in [2.75, 3.05) is 0 Å². The Morgan fingerprint density at radius 2 is 2.17 bits per heavy atom. The summed E-state index contributed by atoms with van der Waals surface area (Å²) in [6, 6.07) is -0.0381. The number of sulfonamides is 1. The Bertz CT molecular complexity index is 554. The number of nitrogens with one attached hydrogen (secondary N) is 1. The summed E-state index contributed by atoms with van der Waals surface area (Å²) in [5, 5.41) is 4.13. The highest BCUT2D eigenvalue weighted by Gasteiger charge is 2.30. The highest BCUT2D eigenvalue weighted by Crippen LogP contribution is 2.26. The fourth-order valence-electron chi connectivity index (χ4n) is 2.32. The van der Waals surface area contributed by atoms with E-state index in [0.717, 1.165) is 12.8 Å². The average molecular weight is 293 g/mol.